The summed E-state index contributed by atoms with van der Waals surface area (Å²) in [5.74, 6) is -0.202. The molecule has 1 aliphatic carbocycles. The van der Waals surface area contributed by atoms with Gasteiger partial charge in [0.1, 0.15) is 5.69 Å². The summed E-state index contributed by atoms with van der Waals surface area (Å²) in [4.78, 5) is 23.1. The van der Waals surface area contributed by atoms with Crippen molar-refractivity contribution in [1.82, 2.24) is 14.9 Å². The topological polar surface area (TPSA) is 80.2 Å². The number of sulfone groups is 1. The van der Waals surface area contributed by atoms with E-state index in [2.05, 4.69) is 34.2 Å². The van der Waals surface area contributed by atoms with Crippen LogP contribution in [0.1, 0.15) is 52.9 Å². The number of aromatic nitrogens is 2. The van der Waals surface area contributed by atoms with E-state index in [0.29, 0.717) is 18.7 Å². The van der Waals surface area contributed by atoms with Crippen molar-refractivity contribution >= 4 is 15.7 Å². The second-order valence-corrected chi connectivity index (χ2v) is 9.99. The number of aryl methyl sites for hydroxylation is 2. The average molecular weight is 400 g/mol. The van der Waals surface area contributed by atoms with Crippen LogP contribution in [0.5, 0.6) is 0 Å². The minimum atomic E-state index is -3.57. The van der Waals surface area contributed by atoms with E-state index in [-0.39, 0.29) is 22.2 Å². The maximum absolute atomic E-state index is 13.3. The number of benzene rings is 1. The number of hydrogen-bond donors (Lipinski definition) is 0. The highest BCUT2D eigenvalue weighted by Crippen LogP contribution is 2.43. The van der Waals surface area contributed by atoms with Gasteiger partial charge in [-0.2, -0.15) is 0 Å². The number of piperidine rings is 1. The van der Waals surface area contributed by atoms with Crippen molar-refractivity contribution < 1.29 is 13.2 Å². The maximum atomic E-state index is 13.3. The van der Waals surface area contributed by atoms with E-state index in [9.17, 15) is 13.2 Å². The molecule has 0 bridgehead atoms. The standard InChI is InChI=1S/C21H25N3O3S/c1-15-13-22-20(28(2,26)27)23-18(15)19(25)24-12-6-11-21(14-24)10-5-8-16-7-3-4-9-17(16)21/h3-4,7,9,13H,5-6,8,10-12,14H2,1-2H3. The normalized spacial score (nSPS) is 22.1. The molecule has 1 unspecified atom stereocenters. The summed E-state index contributed by atoms with van der Waals surface area (Å²) >= 11 is 0. The van der Waals surface area contributed by atoms with Crippen LogP contribution in [0, 0.1) is 6.92 Å². The Labute approximate surface area is 165 Å². The van der Waals surface area contributed by atoms with E-state index < -0.39 is 9.84 Å². The summed E-state index contributed by atoms with van der Waals surface area (Å²) in [6.07, 6.45) is 7.78. The van der Waals surface area contributed by atoms with Crippen molar-refractivity contribution in [3.63, 3.8) is 0 Å². The Morgan fingerprint density at radius 2 is 1.93 bits per heavy atom. The van der Waals surface area contributed by atoms with Crippen molar-refractivity contribution in [2.24, 2.45) is 0 Å². The molecule has 1 spiro atoms. The molecule has 1 aliphatic heterocycles. The van der Waals surface area contributed by atoms with Gasteiger partial charge in [0.15, 0.2) is 0 Å². The van der Waals surface area contributed by atoms with E-state index in [4.69, 9.17) is 0 Å². The molecular formula is C21H25N3O3S. The Kier molecular flexibility index (Phi) is 4.73. The predicted octanol–water partition coefficient (Wildman–Crippen LogP) is 2.70. The van der Waals surface area contributed by atoms with Crippen LogP contribution < -0.4 is 0 Å². The number of amides is 1. The summed E-state index contributed by atoms with van der Waals surface area (Å²) in [6, 6.07) is 8.57. The van der Waals surface area contributed by atoms with Gasteiger partial charge in [0.25, 0.3) is 5.91 Å². The zero-order valence-corrected chi connectivity index (χ0v) is 17.1. The van der Waals surface area contributed by atoms with E-state index in [1.807, 2.05) is 4.90 Å². The third-order valence-corrected chi connectivity index (χ3v) is 6.90. The molecule has 28 heavy (non-hydrogen) atoms. The molecule has 4 rings (SSSR count). The summed E-state index contributed by atoms with van der Waals surface area (Å²) in [5, 5.41) is -0.295. The Bertz CT molecular complexity index is 1030. The second kappa shape index (κ2) is 6.95. The molecule has 0 radical (unpaired) electrons. The SMILES string of the molecule is Cc1cnc(S(C)(=O)=O)nc1C(=O)N1CCCC2(CCCc3ccccc32)C1. The molecule has 1 saturated heterocycles. The number of fused-ring (bicyclic) bond motifs is 2. The summed E-state index contributed by atoms with van der Waals surface area (Å²) in [6.45, 7) is 3.07. The Balaban J connectivity index is 1.68. The van der Waals surface area contributed by atoms with Gasteiger partial charge >= 0.3 is 0 Å². The van der Waals surface area contributed by atoms with Gasteiger partial charge in [0.2, 0.25) is 15.0 Å². The highest BCUT2D eigenvalue weighted by Gasteiger charge is 2.41. The second-order valence-electron chi connectivity index (χ2n) is 8.08. The van der Waals surface area contributed by atoms with Gasteiger partial charge in [-0.05, 0) is 55.7 Å². The fourth-order valence-corrected chi connectivity index (χ4v) is 5.21. The van der Waals surface area contributed by atoms with Crippen molar-refractivity contribution in [3.05, 3.63) is 52.8 Å². The minimum Gasteiger partial charge on any atom is -0.336 e. The van der Waals surface area contributed by atoms with Gasteiger partial charge in [-0.25, -0.2) is 18.4 Å². The Morgan fingerprint density at radius 1 is 1.18 bits per heavy atom. The van der Waals surface area contributed by atoms with Gasteiger partial charge in [-0.1, -0.05) is 24.3 Å². The van der Waals surface area contributed by atoms with Crippen LogP contribution in [0.4, 0.5) is 0 Å². The number of rotatable bonds is 2. The number of likely N-dealkylation sites (tertiary alicyclic amines) is 1. The molecule has 0 N–H and O–H groups in total. The van der Waals surface area contributed by atoms with Crippen LogP contribution >= 0.6 is 0 Å². The van der Waals surface area contributed by atoms with E-state index in [0.717, 1.165) is 38.4 Å². The van der Waals surface area contributed by atoms with Crippen LogP contribution in [0.2, 0.25) is 0 Å². The third kappa shape index (κ3) is 3.32. The first kappa shape index (κ1) is 19.1. The molecule has 1 fully saturated rings. The van der Waals surface area contributed by atoms with E-state index in [1.54, 1.807) is 6.92 Å². The van der Waals surface area contributed by atoms with Crippen LogP contribution in [0.25, 0.3) is 0 Å². The quantitative estimate of drug-likeness (QED) is 0.726. The lowest BCUT2D eigenvalue weighted by molar-refractivity contribution is 0.0609. The molecule has 148 valence electrons. The number of nitrogens with zero attached hydrogens (tertiary/aromatic N) is 3. The van der Waals surface area contributed by atoms with Gasteiger partial charge in [0.05, 0.1) is 0 Å². The largest absolute Gasteiger partial charge is 0.336 e. The molecule has 1 amide bonds. The fourth-order valence-electron chi connectivity index (χ4n) is 4.71. The predicted molar refractivity (Wildman–Crippen MR) is 106 cm³/mol. The first-order valence-electron chi connectivity index (χ1n) is 9.72. The van der Waals surface area contributed by atoms with Crippen molar-refractivity contribution in [2.75, 3.05) is 19.3 Å². The molecule has 2 aromatic rings. The lowest BCUT2D eigenvalue weighted by Crippen LogP contribution is -2.50. The number of carbonyl (C=O) groups excluding carboxylic acids is 1. The lowest BCUT2D eigenvalue weighted by atomic mass is 9.66. The smallest absolute Gasteiger partial charge is 0.272 e. The van der Waals surface area contributed by atoms with E-state index in [1.165, 1.54) is 17.3 Å². The summed E-state index contributed by atoms with van der Waals surface area (Å²) < 4.78 is 23.6. The maximum Gasteiger partial charge on any atom is 0.272 e. The monoisotopic (exact) mass is 399 g/mol. The molecule has 0 saturated carbocycles. The summed E-state index contributed by atoms with van der Waals surface area (Å²) in [5.41, 5.74) is 3.54. The van der Waals surface area contributed by atoms with Crippen molar-refractivity contribution in [3.8, 4) is 0 Å². The molecule has 7 heteroatoms. The highest BCUT2D eigenvalue weighted by atomic mass is 32.2. The van der Waals surface area contributed by atoms with Crippen LogP contribution in [-0.4, -0.2) is 48.5 Å². The molecule has 2 aliphatic rings. The van der Waals surface area contributed by atoms with Crippen LogP contribution in [0.15, 0.2) is 35.6 Å². The molecule has 6 nitrogen and oxygen atoms in total. The van der Waals surface area contributed by atoms with Crippen molar-refractivity contribution in [2.45, 2.75) is 49.6 Å². The first-order chi connectivity index (χ1) is 13.3. The third-order valence-electron chi connectivity index (χ3n) is 6.04. The van der Waals surface area contributed by atoms with Crippen LogP contribution in [-0.2, 0) is 21.7 Å². The number of carbonyl (C=O) groups is 1. The Morgan fingerprint density at radius 3 is 2.71 bits per heavy atom. The zero-order chi connectivity index (χ0) is 19.9. The van der Waals surface area contributed by atoms with Gasteiger partial charge in [0, 0.05) is 31.0 Å². The molecule has 1 atom stereocenters. The highest BCUT2D eigenvalue weighted by molar-refractivity contribution is 7.90. The first-order valence-corrected chi connectivity index (χ1v) is 11.6. The summed E-state index contributed by atoms with van der Waals surface area (Å²) in [7, 11) is -3.57. The van der Waals surface area contributed by atoms with Crippen molar-refractivity contribution in [1.29, 1.82) is 0 Å². The number of hydrogen-bond acceptors (Lipinski definition) is 5. The molecular weight excluding hydrogens is 374 g/mol. The fraction of sp³-hybridized carbons (Fsp3) is 0.476. The average Bonchev–Trinajstić information content (AvgIpc) is 2.67. The Hall–Kier alpha value is -2.28. The minimum absolute atomic E-state index is 0.0106. The lowest BCUT2D eigenvalue weighted by Gasteiger charge is -2.46. The zero-order valence-electron chi connectivity index (χ0n) is 16.3. The van der Waals surface area contributed by atoms with Gasteiger partial charge in [-0.3, -0.25) is 4.79 Å². The van der Waals surface area contributed by atoms with Gasteiger partial charge < -0.3 is 4.90 Å². The molecule has 2 heterocycles. The van der Waals surface area contributed by atoms with Gasteiger partial charge in [-0.15, -0.1) is 0 Å². The van der Waals surface area contributed by atoms with E-state index >= 15 is 0 Å². The van der Waals surface area contributed by atoms with Crippen LogP contribution in [0.3, 0.4) is 0 Å². The molecule has 1 aromatic heterocycles. The molecule has 1 aromatic carbocycles.